The average molecular weight is 221 g/mol. The van der Waals surface area contributed by atoms with Gasteiger partial charge >= 0.3 is 0 Å². The fourth-order valence-corrected chi connectivity index (χ4v) is 1.49. The SMILES string of the molecule is CCC[C@H](N)c1nc(-c2nccn2C)no1. The van der Waals surface area contributed by atoms with Gasteiger partial charge in [0.25, 0.3) is 0 Å². The second kappa shape index (κ2) is 4.44. The molecule has 0 bridgehead atoms. The standard InChI is InChI=1S/C10H15N5O/c1-3-4-7(11)10-13-8(14-16-10)9-12-5-6-15(9)2/h5-7H,3-4,11H2,1-2H3/t7-/m0/s1. The Morgan fingerprint density at radius 3 is 3.00 bits per heavy atom. The largest absolute Gasteiger partial charge is 0.337 e. The van der Waals surface area contributed by atoms with Crippen molar-refractivity contribution in [3.63, 3.8) is 0 Å². The van der Waals surface area contributed by atoms with Crippen molar-refractivity contribution in [3.8, 4) is 11.6 Å². The lowest BCUT2D eigenvalue weighted by atomic mass is 10.2. The number of hydrogen-bond acceptors (Lipinski definition) is 5. The van der Waals surface area contributed by atoms with Gasteiger partial charge in [-0.05, 0) is 6.42 Å². The van der Waals surface area contributed by atoms with Crippen LogP contribution < -0.4 is 5.73 Å². The molecule has 0 aromatic carbocycles. The Bertz CT molecular complexity index is 461. The summed E-state index contributed by atoms with van der Waals surface area (Å²) in [6, 6.07) is -0.188. The molecular weight excluding hydrogens is 206 g/mol. The number of rotatable bonds is 4. The normalized spacial score (nSPS) is 12.9. The van der Waals surface area contributed by atoms with Crippen LogP contribution in [0.5, 0.6) is 0 Å². The van der Waals surface area contributed by atoms with Gasteiger partial charge in [0.05, 0.1) is 6.04 Å². The van der Waals surface area contributed by atoms with E-state index in [4.69, 9.17) is 10.3 Å². The molecule has 0 aliphatic heterocycles. The van der Waals surface area contributed by atoms with Gasteiger partial charge in [0.15, 0.2) is 5.82 Å². The van der Waals surface area contributed by atoms with Crippen molar-refractivity contribution in [1.82, 2.24) is 19.7 Å². The maximum atomic E-state index is 5.89. The zero-order chi connectivity index (χ0) is 11.5. The Kier molecular flexibility index (Phi) is 3.00. The van der Waals surface area contributed by atoms with Gasteiger partial charge in [-0.3, -0.25) is 0 Å². The van der Waals surface area contributed by atoms with Crippen LogP contribution in [0.15, 0.2) is 16.9 Å². The maximum Gasteiger partial charge on any atom is 0.243 e. The fourth-order valence-electron chi connectivity index (χ4n) is 1.49. The molecule has 86 valence electrons. The van der Waals surface area contributed by atoms with E-state index in [0.29, 0.717) is 17.5 Å². The maximum absolute atomic E-state index is 5.89. The lowest BCUT2D eigenvalue weighted by Crippen LogP contribution is -2.10. The van der Waals surface area contributed by atoms with E-state index < -0.39 is 0 Å². The third-order valence-electron chi connectivity index (χ3n) is 2.38. The van der Waals surface area contributed by atoms with Crippen LogP contribution in [0.4, 0.5) is 0 Å². The number of aromatic nitrogens is 4. The van der Waals surface area contributed by atoms with E-state index in [9.17, 15) is 0 Å². The third kappa shape index (κ3) is 1.96. The minimum Gasteiger partial charge on any atom is -0.337 e. The number of aryl methyl sites for hydroxylation is 1. The van der Waals surface area contributed by atoms with Crippen molar-refractivity contribution in [2.24, 2.45) is 12.8 Å². The van der Waals surface area contributed by atoms with Crippen LogP contribution in [0.25, 0.3) is 11.6 Å². The van der Waals surface area contributed by atoms with Gasteiger partial charge in [-0.2, -0.15) is 4.98 Å². The first-order valence-electron chi connectivity index (χ1n) is 5.29. The molecule has 6 nitrogen and oxygen atoms in total. The van der Waals surface area contributed by atoms with Crippen molar-refractivity contribution in [1.29, 1.82) is 0 Å². The highest BCUT2D eigenvalue weighted by molar-refractivity contribution is 5.42. The molecule has 0 radical (unpaired) electrons. The highest BCUT2D eigenvalue weighted by atomic mass is 16.5. The molecule has 0 amide bonds. The van der Waals surface area contributed by atoms with Crippen LogP contribution >= 0.6 is 0 Å². The molecule has 2 rings (SSSR count). The summed E-state index contributed by atoms with van der Waals surface area (Å²) in [5, 5.41) is 3.87. The second-order valence-electron chi connectivity index (χ2n) is 3.71. The first-order chi connectivity index (χ1) is 7.72. The van der Waals surface area contributed by atoms with Crippen molar-refractivity contribution >= 4 is 0 Å². The molecule has 0 aliphatic carbocycles. The van der Waals surface area contributed by atoms with Crippen molar-refractivity contribution in [2.45, 2.75) is 25.8 Å². The van der Waals surface area contributed by atoms with Gasteiger partial charge in [-0.1, -0.05) is 18.5 Å². The van der Waals surface area contributed by atoms with Gasteiger partial charge in [0, 0.05) is 19.4 Å². The quantitative estimate of drug-likeness (QED) is 0.840. The highest BCUT2D eigenvalue weighted by Crippen LogP contribution is 2.17. The molecule has 2 N–H and O–H groups in total. The molecule has 6 heteroatoms. The number of hydrogen-bond donors (Lipinski definition) is 1. The summed E-state index contributed by atoms with van der Waals surface area (Å²) in [5.41, 5.74) is 5.89. The molecule has 0 spiro atoms. The summed E-state index contributed by atoms with van der Waals surface area (Å²) < 4.78 is 6.95. The first-order valence-corrected chi connectivity index (χ1v) is 5.29. The molecule has 2 aromatic rings. The van der Waals surface area contributed by atoms with Crippen molar-refractivity contribution < 1.29 is 4.52 Å². The molecule has 0 saturated heterocycles. The first kappa shape index (κ1) is 10.8. The predicted octanol–water partition coefficient (Wildman–Crippen LogP) is 1.27. The molecule has 0 fully saturated rings. The van der Waals surface area contributed by atoms with Crippen LogP contribution in [0.1, 0.15) is 31.7 Å². The summed E-state index contributed by atoms with van der Waals surface area (Å²) in [7, 11) is 1.88. The number of nitrogens with zero attached hydrogens (tertiary/aromatic N) is 4. The Hall–Kier alpha value is -1.69. The van der Waals surface area contributed by atoms with E-state index in [1.54, 1.807) is 6.20 Å². The van der Waals surface area contributed by atoms with Crippen LogP contribution in [0, 0.1) is 0 Å². The monoisotopic (exact) mass is 221 g/mol. The van der Waals surface area contributed by atoms with Crippen LogP contribution in [0.3, 0.4) is 0 Å². The molecule has 16 heavy (non-hydrogen) atoms. The highest BCUT2D eigenvalue weighted by Gasteiger charge is 2.16. The molecule has 1 atom stereocenters. The Balaban J connectivity index is 2.23. The van der Waals surface area contributed by atoms with E-state index >= 15 is 0 Å². The smallest absolute Gasteiger partial charge is 0.243 e. The minimum atomic E-state index is -0.188. The van der Waals surface area contributed by atoms with E-state index in [2.05, 4.69) is 22.0 Å². The van der Waals surface area contributed by atoms with Gasteiger partial charge in [0.2, 0.25) is 11.7 Å². The molecule has 0 aliphatic rings. The fraction of sp³-hybridized carbons (Fsp3) is 0.500. The molecular formula is C10H15N5O. The van der Waals surface area contributed by atoms with E-state index in [1.165, 1.54) is 0 Å². The zero-order valence-electron chi connectivity index (χ0n) is 9.42. The van der Waals surface area contributed by atoms with Crippen LogP contribution in [-0.2, 0) is 7.05 Å². The summed E-state index contributed by atoms with van der Waals surface area (Å²) in [4.78, 5) is 8.39. The summed E-state index contributed by atoms with van der Waals surface area (Å²) in [6.45, 7) is 2.07. The topological polar surface area (TPSA) is 82.8 Å². The average Bonchev–Trinajstić information content (AvgIpc) is 2.86. The number of nitrogens with two attached hydrogens (primary N) is 1. The lowest BCUT2D eigenvalue weighted by molar-refractivity contribution is 0.348. The Morgan fingerprint density at radius 2 is 2.38 bits per heavy atom. The van der Waals surface area contributed by atoms with Gasteiger partial charge in [0.1, 0.15) is 0 Å². The summed E-state index contributed by atoms with van der Waals surface area (Å²) in [5.74, 6) is 1.63. The zero-order valence-corrected chi connectivity index (χ0v) is 9.42. The van der Waals surface area contributed by atoms with Gasteiger partial charge < -0.3 is 14.8 Å². The van der Waals surface area contributed by atoms with E-state index in [-0.39, 0.29) is 6.04 Å². The van der Waals surface area contributed by atoms with E-state index in [0.717, 1.165) is 12.8 Å². The minimum absolute atomic E-state index is 0.188. The second-order valence-corrected chi connectivity index (χ2v) is 3.71. The van der Waals surface area contributed by atoms with Crippen molar-refractivity contribution in [3.05, 3.63) is 18.3 Å². The lowest BCUT2D eigenvalue weighted by Gasteiger charge is -2.02. The van der Waals surface area contributed by atoms with Gasteiger partial charge in [-0.15, -0.1) is 0 Å². The molecule has 0 saturated carbocycles. The Morgan fingerprint density at radius 1 is 1.56 bits per heavy atom. The number of imidazole rings is 1. The summed E-state index contributed by atoms with van der Waals surface area (Å²) >= 11 is 0. The van der Waals surface area contributed by atoms with Gasteiger partial charge in [-0.25, -0.2) is 4.98 Å². The van der Waals surface area contributed by atoms with Crippen LogP contribution in [-0.4, -0.2) is 19.7 Å². The van der Waals surface area contributed by atoms with E-state index in [1.807, 2.05) is 17.8 Å². The summed E-state index contributed by atoms with van der Waals surface area (Å²) in [6.07, 6.45) is 5.35. The molecule has 0 unspecified atom stereocenters. The molecule has 2 aromatic heterocycles. The Labute approximate surface area is 93.5 Å². The van der Waals surface area contributed by atoms with Crippen LogP contribution in [0.2, 0.25) is 0 Å². The molecule has 2 heterocycles. The predicted molar refractivity (Wildman–Crippen MR) is 58.3 cm³/mol. The van der Waals surface area contributed by atoms with Crippen molar-refractivity contribution in [2.75, 3.05) is 0 Å². The third-order valence-corrected chi connectivity index (χ3v) is 2.38.